The lowest BCUT2D eigenvalue weighted by Crippen LogP contribution is -2.38. The van der Waals surface area contributed by atoms with E-state index in [0.29, 0.717) is 50.8 Å². The number of halogens is 2. The summed E-state index contributed by atoms with van der Waals surface area (Å²) in [6, 6.07) is 3.54. The van der Waals surface area contributed by atoms with E-state index < -0.39 is 5.91 Å². The average Bonchev–Trinajstić information content (AvgIpc) is 3.20. The molecule has 1 aliphatic heterocycles. The van der Waals surface area contributed by atoms with E-state index >= 15 is 0 Å². The van der Waals surface area contributed by atoms with Crippen LogP contribution in [0.2, 0.25) is 10.0 Å². The zero-order valence-corrected chi connectivity index (χ0v) is 17.5. The third-order valence-corrected chi connectivity index (χ3v) is 5.54. The van der Waals surface area contributed by atoms with Crippen LogP contribution >= 0.6 is 23.2 Å². The number of quaternary nitrogens is 1. The molecule has 0 aromatic carbocycles. The standard InChI is InChI=1S/C20H15Cl2N5O3/c1-11-14(12(2)30-26-11)8-27(19-15(21)6-23-7-16(19)22)9-17(25-18(29)10-28)13-4-3-5-24-20(13)27/h3-7,9-10H,8H2,1-2H3/p+1. The van der Waals surface area contributed by atoms with Crippen molar-refractivity contribution in [2.75, 3.05) is 0 Å². The van der Waals surface area contributed by atoms with Crippen LogP contribution in [0, 0.1) is 13.8 Å². The zero-order valence-electron chi connectivity index (χ0n) is 16.0. The van der Waals surface area contributed by atoms with Crippen LogP contribution in [0.1, 0.15) is 22.6 Å². The number of aromatic nitrogens is 3. The van der Waals surface area contributed by atoms with Crippen LogP contribution in [0.15, 0.2) is 41.4 Å². The molecule has 8 nitrogen and oxygen atoms in total. The lowest BCUT2D eigenvalue weighted by Gasteiger charge is -2.31. The molecule has 0 fully saturated rings. The number of aldehydes is 1. The molecule has 0 aliphatic carbocycles. The van der Waals surface area contributed by atoms with Gasteiger partial charge in [-0.2, -0.15) is 0 Å². The molecular weight excluding hydrogens is 429 g/mol. The van der Waals surface area contributed by atoms with Gasteiger partial charge in [0.15, 0.2) is 5.69 Å². The maximum atomic E-state index is 11.8. The van der Waals surface area contributed by atoms with E-state index in [9.17, 15) is 9.59 Å². The molecule has 4 rings (SSSR count). The van der Waals surface area contributed by atoms with Crippen LogP contribution < -0.4 is 9.80 Å². The molecule has 4 heterocycles. The Morgan fingerprint density at radius 3 is 2.63 bits per heavy atom. The van der Waals surface area contributed by atoms with E-state index in [1.807, 2.05) is 13.8 Å². The van der Waals surface area contributed by atoms with Gasteiger partial charge in [-0.1, -0.05) is 28.4 Å². The number of fused-ring (bicyclic) bond motifs is 1. The highest BCUT2D eigenvalue weighted by Crippen LogP contribution is 2.51. The Hall–Kier alpha value is -3.07. The summed E-state index contributed by atoms with van der Waals surface area (Å²) in [5.74, 6) is 0.441. The van der Waals surface area contributed by atoms with E-state index in [1.165, 1.54) is 12.4 Å². The number of hydrogen-bond donors (Lipinski definition) is 1. The Bertz CT molecular complexity index is 1170. The van der Waals surface area contributed by atoms with Gasteiger partial charge in [0.2, 0.25) is 12.1 Å². The smallest absolute Gasteiger partial charge is 0.288 e. The molecule has 1 amide bonds. The lowest BCUT2D eigenvalue weighted by molar-refractivity contribution is -0.130. The predicted molar refractivity (Wildman–Crippen MR) is 112 cm³/mol. The summed E-state index contributed by atoms with van der Waals surface area (Å²) in [5, 5.41) is 7.31. The number of rotatable bonds is 5. The molecular formula is C20H16Cl2N5O3+. The number of carbonyl (C=O) groups excluding carboxylic acids is 2. The molecule has 10 heteroatoms. The van der Waals surface area contributed by atoms with Crippen molar-refractivity contribution in [2.24, 2.45) is 0 Å². The number of nitrogens with zero attached hydrogens (tertiary/aromatic N) is 4. The van der Waals surface area contributed by atoms with E-state index in [0.717, 1.165) is 5.56 Å². The summed E-state index contributed by atoms with van der Waals surface area (Å²) in [6.45, 7) is 3.97. The Kier molecular flexibility index (Phi) is 5.15. The zero-order chi connectivity index (χ0) is 21.5. The van der Waals surface area contributed by atoms with Crippen molar-refractivity contribution < 1.29 is 14.1 Å². The molecule has 1 unspecified atom stereocenters. The number of aryl methyl sites for hydroxylation is 2. The quantitative estimate of drug-likeness (QED) is 0.364. The monoisotopic (exact) mass is 444 g/mol. The molecule has 1 aliphatic rings. The Morgan fingerprint density at radius 1 is 1.27 bits per heavy atom. The third kappa shape index (κ3) is 3.19. The van der Waals surface area contributed by atoms with E-state index in [1.54, 1.807) is 24.5 Å². The first-order chi connectivity index (χ1) is 14.4. The van der Waals surface area contributed by atoms with Gasteiger partial charge in [-0.15, -0.1) is 0 Å². The van der Waals surface area contributed by atoms with Crippen molar-refractivity contribution in [3.05, 3.63) is 69.5 Å². The number of hydrogen-bond acceptors (Lipinski definition) is 6. The topological polar surface area (TPSA) is 98.0 Å². The summed E-state index contributed by atoms with van der Waals surface area (Å²) in [6.07, 6.45) is 6.60. The third-order valence-electron chi connectivity index (χ3n) is 4.99. The first kappa shape index (κ1) is 20.2. The summed E-state index contributed by atoms with van der Waals surface area (Å²) in [7, 11) is 0. The van der Waals surface area contributed by atoms with Crippen molar-refractivity contribution in [3.63, 3.8) is 0 Å². The summed E-state index contributed by atoms with van der Waals surface area (Å²) >= 11 is 13.1. The largest absolute Gasteiger partial charge is 0.361 e. The molecule has 0 radical (unpaired) electrons. The molecule has 0 saturated heterocycles. The Morgan fingerprint density at radius 2 is 2.00 bits per heavy atom. The van der Waals surface area contributed by atoms with E-state index in [2.05, 4.69) is 20.4 Å². The summed E-state index contributed by atoms with van der Waals surface area (Å²) in [5.41, 5.74) is 3.15. The van der Waals surface area contributed by atoms with E-state index in [-0.39, 0.29) is 10.8 Å². The van der Waals surface area contributed by atoms with Crippen LogP contribution in [-0.2, 0) is 16.1 Å². The number of pyridine rings is 2. The Labute approximate surface area is 181 Å². The second-order valence-corrected chi connectivity index (χ2v) is 7.62. The second-order valence-electron chi connectivity index (χ2n) is 6.81. The van der Waals surface area contributed by atoms with Gasteiger partial charge in [-0.3, -0.25) is 14.6 Å². The van der Waals surface area contributed by atoms with Gasteiger partial charge in [-0.25, -0.2) is 9.47 Å². The molecule has 3 aromatic rings. The normalized spacial score (nSPS) is 17.4. The molecule has 0 saturated carbocycles. The van der Waals surface area contributed by atoms with Crippen LogP contribution in [0.4, 0.5) is 11.5 Å². The minimum absolute atomic E-state index is 0.0479. The molecule has 1 N–H and O–H groups in total. The number of amides is 1. The van der Waals surface area contributed by atoms with Crippen LogP contribution in [0.3, 0.4) is 0 Å². The fourth-order valence-electron chi connectivity index (χ4n) is 3.67. The van der Waals surface area contributed by atoms with Crippen LogP contribution in [-0.4, -0.2) is 27.3 Å². The van der Waals surface area contributed by atoms with Crippen LogP contribution in [0.5, 0.6) is 0 Å². The number of carbonyl (C=O) groups is 2. The van der Waals surface area contributed by atoms with Gasteiger partial charge in [0.05, 0.1) is 29.2 Å². The first-order valence-electron chi connectivity index (χ1n) is 8.91. The maximum absolute atomic E-state index is 11.8. The maximum Gasteiger partial charge on any atom is 0.288 e. The van der Waals surface area contributed by atoms with Gasteiger partial charge >= 0.3 is 0 Å². The van der Waals surface area contributed by atoms with Crippen molar-refractivity contribution >= 4 is 52.6 Å². The van der Waals surface area contributed by atoms with Gasteiger partial charge < -0.3 is 9.84 Å². The minimum Gasteiger partial charge on any atom is -0.361 e. The second kappa shape index (κ2) is 7.64. The van der Waals surface area contributed by atoms with Gasteiger partial charge in [0.1, 0.15) is 34.2 Å². The van der Waals surface area contributed by atoms with Crippen molar-refractivity contribution in [1.29, 1.82) is 0 Å². The molecule has 30 heavy (non-hydrogen) atoms. The molecule has 1 atom stereocenters. The summed E-state index contributed by atoms with van der Waals surface area (Å²) < 4.78 is 5.30. The Balaban J connectivity index is 2.03. The van der Waals surface area contributed by atoms with Gasteiger partial charge in [0, 0.05) is 6.20 Å². The highest BCUT2D eigenvalue weighted by atomic mass is 35.5. The SMILES string of the molecule is Cc1noc(C)c1C[N+]1(c2c(Cl)cncc2Cl)C=C(NC(=O)C=O)c2cccnc21. The molecule has 3 aromatic heterocycles. The predicted octanol–water partition coefficient (Wildman–Crippen LogP) is 3.85. The molecule has 0 spiro atoms. The molecule has 0 bridgehead atoms. The van der Waals surface area contributed by atoms with Crippen LogP contribution in [0.25, 0.3) is 5.70 Å². The summed E-state index contributed by atoms with van der Waals surface area (Å²) in [4.78, 5) is 31.4. The fraction of sp³-hybridized carbons (Fsp3) is 0.150. The highest BCUT2D eigenvalue weighted by Gasteiger charge is 2.46. The fourth-order valence-corrected chi connectivity index (χ4v) is 4.34. The van der Waals surface area contributed by atoms with Gasteiger partial charge in [-0.05, 0) is 26.0 Å². The van der Waals surface area contributed by atoms with Crippen molar-refractivity contribution in [1.82, 2.24) is 24.9 Å². The first-order valence-corrected chi connectivity index (χ1v) is 9.67. The highest BCUT2D eigenvalue weighted by molar-refractivity contribution is 6.39. The average molecular weight is 445 g/mol. The lowest BCUT2D eigenvalue weighted by atomic mass is 10.1. The van der Waals surface area contributed by atoms with Crippen molar-refractivity contribution in [3.8, 4) is 0 Å². The number of nitrogens with one attached hydrogen (secondary N) is 1. The van der Waals surface area contributed by atoms with Crippen molar-refractivity contribution in [2.45, 2.75) is 20.4 Å². The molecule has 152 valence electrons. The van der Waals surface area contributed by atoms with E-state index in [4.69, 9.17) is 27.7 Å². The van der Waals surface area contributed by atoms with Gasteiger partial charge in [0.25, 0.3) is 5.91 Å². The minimum atomic E-state index is -0.777.